The molecule has 1 aliphatic rings. The quantitative estimate of drug-likeness (QED) is 0.818. The van der Waals surface area contributed by atoms with Crippen molar-refractivity contribution in [3.05, 3.63) is 65.7 Å². The highest BCUT2D eigenvalue weighted by Crippen LogP contribution is 2.19. The van der Waals surface area contributed by atoms with E-state index in [1.54, 1.807) is 6.08 Å². The van der Waals surface area contributed by atoms with Crippen LogP contribution < -0.4 is 10.2 Å². The Bertz CT molecular complexity index is 743. The zero-order valence-electron chi connectivity index (χ0n) is 15.4. The molecule has 4 nitrogen and oxygen atoms in total. The molecule has 1 aliphatic heterocycles. The zero-order valence-corrected chi connectivity index (χ0v) is 15.4. The number of nitrogens with zero attached hydrogens (tertiary/aromatic N) is 1. The molecule has 2 aromatic rings. The lowest BCUT2D eigenvalue weighted by atomic mass is 10.0. The van der Waals surface area contributed by atoms with Gasteiger partial charge in [-0.2, -0.15) is 0 Å². The Morgan fingerprint density at radius 3 is 2.31 bits per heavy atom. The zero-order chi connectivity index (χ0) is 18.4. The minimum atomic E-state index is -0.128. The fourth-order valence-electron chi connectivity index (χ4n) is 2.92. The van der Waals surface area contributed by atoms with Gasteiger partial charge >= 0.3 is 0 Å². The van der Waals surface area contributed by atoms with Crippen molar-refractivity contribution in [1.29, 1.82) is 0 Å². The van der Waals surface area contributed by atoms with Crippen LogP contribution in [0.3, 0.4) is 0 Å². The number of carbonyl (C=O) groups is 1. The van der Waals surface area contributed by atoms with Gasteiger partial charge in [0.2, 0.25) is 5.91 Å². The third kappa shape index (κ3) is 4.96. The normalized spacial score (nSPS) is 14.8. The molecule has 0 bridgehead atoms. The molecule has 0 radical (unpaired) electrons. The predicted octanol–water partition coefficient (Wildman–Crippen LogP) is 4.30. The van der Waals surface area contributed by atoms with Crippen LogP contribution in [0.15, 0.2) is 54.6 Å². The second-order valence-electron chi connectivity index (χ2n) is 6.79. The van der Waals surface area contributed by atoms with Crippen LogP contribution in [0.25, 0.3) is 6.08 Å². The molecule has 2 aromatic carbocycles. The van der Waals surface area contributed by atoms with Gasteiger partial charge in [-0.05, 0) is 47.4 Å². The maximum atomic E-state index is 12.1. The summed E-state index contributed by atoms with van der Waals surface area (Å²) < 4.78 is 5.37. The number of carbonyl (C=O) groups excluding carboxylic acids is 1. The van der Waals surface area contributed by atoms with Gasteiger partial charge in [-0.1, -0.05) is 38.1 Å². The molecule has 1 heterocycles. The average Bonchev–Trinajstić information content (AvgIpc) is 2.68. The SMILES string of the molecule is CC(C)c1ccc(/C=C/C(=O)Nc2ccc(N3CCOCC3)cc2)cc1. The van der Waals surface area contributed by atoms with Crippen LogP contribution in [0.2, 0.25) is 0 Å². The molecular formula is C22H26N2O2. The summed E-state index contributed by atoms with van der Waals surface area (Å²) in [6, 6.07) is 16.2. The molecule has 0 aliphatic carbocycles. The second-order valence-corrected chi connectivity index (χ2v) is 6.79. The van der Waals surface area contributed by atoms with Crippen LogP contribution in [-0.2, 0) is 9.53 Å². The molecule has 1 N–H and O–H groups in total. The Labute approximate surface area is 155 Å². The monoisotopic (exact) mass is 350 g/mol. The number of anilines is 2. The van der Waals surface area contributed by atoms with Gasteiger partial charge in [-0.25, -0.2) is 0 Å². The molecule has 0 spiro atoms. The summed E-state index contributed by atoms with van der Waals surface area (Å²) in [5, 5.41) is 2.90. The Kier molecular flexibility index (Phi) is 6.08. The van der Waals surface area contributed by atoms with Gasteiger partial charge in [-0.3, -0.25) is 4.79 Å². The summed E-state index contributed by atoms with van der Waals surface area (Å²) in [4.78, 5) is 14.4. The van der Waals surface area contributed by atoms with E-state index >= 15 is 0 Å². The minimum Gasteiger partial charge on any atom is -0.378 e. The van der Waals surface area contributed by atoms with Crippen LogP contribution >= 0.6 is 0 Å². The number of benzene rings is 2. The van der Waals surface area contributed by atoms with Gasteiger partial charge in [0.25, 0.3) is 0 Å². The maximum absolute atomic E-state index is 12.1. The van der Waals surface area contributed by atoms with Crippen molar-refractivity contribution in [2.45, 2.75) is 19.8 Å². The fraction of sp³-hybridized carbons (Fsp3) is 0.318. The first kappa shape index (κ1) is 18.2. The lowest BCUT2D eigenvalue weighted by molar-refractivity contribution is -0.111. The number of hydrogen-bond acceptors (Lipinski definition) is 3. The van der Waals surface area contributed by atoms with Crippen molar-refractivity contribution in [2.75, 3.05) is 36.5 Å². The fourth-order valence-corrected chi connectivity index (χ4v) is 2.92. The van der Waals surface area contributed by atoms with Gasteiger partial charge in [0.1, 0.15) is 0 Å². The van der Waals surface area contributed by atoms with Gasteiger partial charge in [0.05, 0.1) is 13.2 Å². The number of nitrogens with one attached hydrogen (secondary N) is 1. The first-order valence-corrected chi connectivity index (χ1v) is 9.13. The Morgan fingerprint density at radius 1 is 1.04 bits per heavy atom. The molecule has 0 atom stereocenters. The van der Waals surface area contributed by atoms with Crippen LogP contribution in [0.4, 0.5) is 11.4 Å². The second kappa shape index (κ2) is 8.68. The van der Waals surface area contributed by atoms with Crippen LogP contribution in [0.1, 0.15) is 30.9 Å². The van der Waals surface area contributed by atoms with Gasteiger partial charge in [0, 0.05) is 30.5 Å². The van der Waals surface area contributed by atoms with E-state index in [9.17, 15) is 4.79 Å². The van der Waals surface area contributed by atoms with E-state index < -0.39 is 0 Å². The Balaban J connectivity index is 1.55. The molecule has 1 amide bonds. The third-order valence-corrected chi connectivity index (χ3v) is 4.54. The average molecular weight is 350 g/mol. The van der Waals surface area contributed by atoms with E-state index in [1.807, 2.05) is 42.5 Å². The Hall–Kier alpha value is -2.59. The van der Waals surface area contributed by atoms with Crippen molar-refractivity contribution in [3.63, 3.8) is 0 Å². The standard InChI is InChI=1S/C22H26N2O2/c1-17(2)19-6-3-18(4-7-19)5-12-22(25)23-20-8-10-21(11-9-20)24-13-15-26-16-14-24/h3-12,17H,13-16H2,1-2H3,(H,23,25)/b12-5+. The number of ether oxygens (including phenoxy) is 1. The van der Waals surface area contributed by atoms with E-state index in [0.717, 1.165) is 43.2 Å². The number of morpholine rings is 1. The van der Waals surface area contributed by atoms with E-state index in [4.69, 9.17) is 4.74 Å². The molecule has 4 heteroatoms. The molecule has 0 aromatic heterocycles. The van der Waals surface area contributed by atoms with Gasteiger partial charge in [0.15, 0.2) is 0 Å². The third-order valence-electron chi connectivity index (χ3n) is 4.54. The van der Waals surface area contributed by atoms with Crippen molar-refractivity contribution in [2.24, 2.45) is 0 Å². The summed E-state index contributed by atoms with van der Waals surface area (Å²) in [5.41, 5.74) is 4.28. The molecule has 0 unspecified atom stereocenters. The molecule has 3 rings (SSSR count). The molecule has 1 saturated heterocycles. The summed E-state index contributed by atoms with van der Waals surface area (Å²) in [7, 11) is 0. The lowest BCUT2D eigenvalue weighted by Gasteiger charge is -2.28. The number of amides is 1. The molecule has 1 fully saturated rings. The minimum absolute atomic E-state index is 0.128. The van der Waals surface area contributed by atoms with Gasteiger partial charge < -0.3 is 15.0 Å². The van der Waals surface area contributed by atoms with Crippen molar-refractivity contribution < 1.29 is 9.53 Å². The van der Waals surface area contributed by atoms with Gasteiger partial charge in [-0.15, -0.1) is 0 Å². The van der Waals surface area contributed by atoms with E-state index in [0.29, 0.717) is 5.92 Å². The Morgan fingerprint density at radius 2 is 1.69 bits per heavy atom. The number of rotatable bonds is 5. The van der Waals surface area contributed by atoms with Crippen molar-refractivity contribution >= 4 is 23.4 Å². The first-order valence-electron chi connectivity index (χ1n) is 9.13. The van der Waals surface area contributed by atoms with Crippen LogP contribution in [0, 0.1) is 0 Å². The van der Waals surface area contributed by atoms with Crippen molar-refractivity contribution in [3.8, 4) is 0 Å². The molecule has 136 valence electrons. The first-order chi connectivity index (χ1) is 12.6. The summed E-state index contributed by atoms with van der Waals surface area (Å²) >= 11 is 0. The highest BCUT2D eigenvalue weighted by Gasteiger charge is 2.10. The van der Waals surface area contributed by atoms with Crippen LogP contribution in [0.5, 0.6) is 0 Å². The highest BCUT2D eigenvalue weighted by molar-refractivity contribution is 6.02. The maximum Gasteiger partial charge on any atom is 0.248 e. The largest absolute Gasteiger partial charge is 0.378 e. The van der Waals surface area contributed by atoms with E-state index in [2.05, 4.69) is 36.2 Å². The summed E-state index contributed by atoms with van der Waals surface area (Å²) in [5.74, 6) is 0.383. The van der Waals surface area contributed by atoms with E-state index in [1.165, 1.54) is 5.56 Å². The molecular weight excluding hydrogens is 324 g/mol. The molecule has 0 saturated carbocycles. The smallest absolute Gasteiger partial charge is 0.248 e. The summed E-state index contributed by atoms with van der Waals surface area (Å²) in [6.45, 7) is 7.68. The van der Waals surface area contributed by atoms with Crippen molar-refractivity contribution in [1.82, 2.24) is 0 Å². The predicted molar refractivity (Wildman–Crippen MR) is 108 cm³/mol. The topological polar surface area (TPSA) is 41.6 Å². The number of hydrogen-bond donors (Lipinski definition) is 1. The lowest BCUT2D eigenvalue weighted by Crippen LogP contribution is -2.36. The highest BCUT2D eigenvalue weighted by atomic mass is 16.5. The summed E-state index contributed by atoms with van der Waals surface area (Å²) in [6.07, 6.45) is 3.40. The molecule has 26 heavy (non-hydrogen) atoms. The van der Waals surface area contributed by atoms with Crippen LogP contribution in [-0.4, -0.2) is 32.2 Å². The van der Waals surface area contributed by atoms with E-state index in [-0.39, 0.29) is 5.91 Å².